The normalized spacial score (nSPS) is 13.6. The number of hydrogen-bond donors (Lipinski definition) is 3. The lowest BCUT2D eigenvalue weighted by molar-refractivity contribution is -0.151. The summed E-state index contributed by atoms with van der Waals surface area (Å²) in [4.78, 5) is 26.0. The summed E-state index contributed by atoms with van der Waals surface area (Å²) in [5.41, 5.74) is 0. The number of carbonyl (C=O) groups excluding carboxylic acids is 2. The zero-order valence-corrected chi connectivity index (χ0v) is 35.9. The third kappa shape index (κ3) is 37.0. The van der Waals surface area contributed by atoms with Gasteiger partial charge in [0.25, 0.3) is 0 Å². The van der Waals surface area contributed by atoms with Crippen LogP contribution in [0.1, 0.15) is 233 Å². The van der Waals surface area contributed by atoms with Crippen molar-refractivity contribution in [2.45, 2.75) is 251 Å². The lowest BCUT2D eigenvalue weighted by Crippen LogP contribution is -2.46. The molecule has 3 atom stereocenters. The van der Waals surface area contributed by atoms with Crippen LogP contribution in [-0.2, 0) is 14.3 Å². The van der Waals surface area contributed by atoms with E-state index in [0.717, 1.165) is 83.5 Å². The van der Waals surface area contributed by atoms with E-state index in [4.69, 9.17) is 4.74 Å². The molecule has 0 aliphatic rings. The molecule has 0 heterocycles. The Labute approximate surface area is 334 Å². The maximum absolute atomic E-state index is 13.1. The largest absolute Gasteiger partial charge is 0.462 e. The molecule has 3 N–H and O–H groups in total. The minimum absolute atomic E-state index is 0.0661. The maximum atomic E-state index is 13.1. The van der Waals surface area contributed by atoms with E-state index >= 15 is 0 Å². The fourth-order valence-corrected chi connectivity index (χ4v) is 6.92. The van der Waals surface area contributed by atoms with E-state index in [9.17, 15) is 19.8 Å². The zero-order valence-electron chi connectivity index (χ0n) is 35.9. The minimum Gasteiger partial charge on any atom is -0.462 e. The molecule has 1 amide bonds. The molecule has 0 rings (SSSR count). The molecule has 0 radical (unpaired) electrons. The van der Waals surface area contributed by atoms with E-state index in [-0.39, 0.29) is 24.9 Å². The molecule has 3 unspecified atom stereocenters. The van der Waals surface area contributed by atoms with Crippen molar-refractivity contribution in [2.24, 2.45) is 0 Å². The number of allylic oxidation sites excluding steroid dienone is 6. The summed E-state index contributed by atoms with van der Waals surface area (Å²) >= 11 is 0. The van der Waals surface area contributed by atoms with Crippen LogP contribution in [0.3, 0.4) is 0 Å². The van der Waals surface area contributed by atoms with Crippen LogP contribution in [0.15, 0.2) is 36.5 Å². The van der Waals surface area contributed by atoms with Gasteiger partial charge in [0, 0.05) is 6.42 Å². The molecular weight excluding hydrogens is 671 g/mol. The summed E-state index contributed by atoms with van der Waals surface area (Å²) in [5.74, 6) is -0.497. The number of ether oxygens (including phenoxy) is 1. The van der Waals surface area contributed by atoms with E-state index in [0.29, 0.717) is 19.3 Å². The zero-order chi connectivity index (χ0) is 39.6. The molecule has 6 heteroatoms. The van der Waals surface area contributed by atoms with Gasteiger partial charge < -0.3 is 20.3 Å². The van der Waals surface area contributed by atoms with Gasteiger partial charge in [-0.05, 0) is 70.6 Å². The highest BCUT2D eigenvalue weighted by atomic mass is 16.5. The van der Waals surface area contributed by atoms with Gasteiger partial charge >= 0.3 is 5.97 Å². The van der Waals surface area contributed by atoms with Crippen molar-refractivity contribution in [1.29, 1.82) is 0 Å². The first-order chi connectivity index (χ1) is 26.5. The second kappa shape index (κ2) is 42.2. The van der Waals surface area contributed by atoms with Crippen molar-refractivity contribution in [1.82, 2.24) is 5.32 Å². The van der Waals surface area contributed by atoms with Gasteiger partial charge in [0.2, 0.25) is 5.91 Å². The average molecular weight is 760 g/mol. The van der Waals surface area contributed by atoms with Crippen LogP contribution in [0.4, 0.5) is 0 Å². The van der Waals surface area contributed by atoms with Crippen LogP contribution >= 0.6 is 0 Å². The Morgan fingerprint density at radius 2 is 1.02 bits per heavy atom. The predicted octanol–water partition coefficient (Wildman–Crippen LogP) is 13.3. The van der Waals surface area contributed by atoms with Gasteiger partial charge in [-0.3, -0.25) is 9.59 Å². The van der Waals surface area contributed by atoms with Crippen molar-refractivity contribution >= 4 is 11.9 Å². The fourth-order valence-electron chi connectivity index (χ4n) is 6.92. The molecule has 0 aromatic rings. The summed E-state index contributed by atoms with van der Waals surface area (Å²) in [6.45, 7) is 6.32. The number of carbonyl (C=O) groups is 2. The first-order valence-electron chi connectivity index (χ1n) is 23.2. The topological polar surface area (TPSA) is 95.9 Å². The van der Waals surface area contributed by atoms with Crippen LogP contribution in [0.25, 0.3) is 0 Å². The second-order valence-electron chi connectivity index (χ2n) is 15.8. The molecule has 0 aliphatic carbocycles. The van der Waals surface area contributed by atoms with E-state index in [1.54, 1.807) is 0 Å². The number of esters is 1. The third-order valence-electron chi connectivity index (χ3n) is 10.5. The van der Waals surface area contributed by atoms with Crippen molar-refractivity contribution in [3.8, 4) is 0 Å². The highest BCUT2D eigenvalue weighted by molar-refractivity contribution is 5.77. The van der Waals surface area contributed by atoms with Crippen LogP contribution in [0, 0.1) is 0 Å². The van der Waals surface area contributed by atoms with E-state index in [1.165, 1.54) is 103 Å². The van der Waals surface area contributed by atoms with Crippen molar-refractivity contribution in [2.75, 3.05) is 6.61 Å². The Balaban J connectivity index is 4.60. The Morgan fingerprint density at radius 3 is 1.57 bits per heavy atom. The van der Waals surface area contributed by atoms with Crippen LogP contribution in [0.5, 0.6) is 0 Å². The minimum atomic E-state index is -0.789. The van der Waals surface area contributed by atoms with Crippen molar-refractivity contribution in [3.63, 3.8) is 0 Å². The molecule has 54 heavy (non-hydrogen) atoms. The van der Waals surface area contributed by atoms with E-state index in [2.05, 4.69) is 62.5 Å². The number of hydrogen-bond acceptors (Lipinski definition) is 5. The van der Waals surface area contributed by atoms with Gasteiger partial charge in [0.05, 0.1) is 25.2 Å². The smallest absolute Gasteiger partial charge is 0.306 e. The Bertz CT molecular complexity index is 900. The molecule has 0 aliphatic heterocycles. The first-order valence-corrected chi connectivity index (χ1v) is 23.2. The third-order valence-corrected chi connectivity index (χ3v) is 10.5. The molecule has 0 aromatic carbocycles. The maximum Gasteiger partial charge on any atom is 0.306 e. The molecule has 0 saturated heterocycles. The number of aliphatic hydroxyl groups is 2. The summed E-state index contributed by atoms with van der Waals surface area (Å²) in [7, 11) is 0. The molecule has 316 valence electrons. The molecule has 0 saturated carbocycles. The molecular formula is C48H89NO5. The number of amides is 1. The number of unbranched alkanes of at least 4 members (excludes halogenated alkanes) is 23. The predicted molar refractivity (Wildman–Crippen MR) is 232 cm³/mol. The van der Waals surface area contributed by atoms with Gasteiger partial charge in [0.1, 0.15) is 6.10 Å². The van der Waals surface area contributed by atoms with Gasteiger partial charge in [-0.25, -0.2) is 0 Å². The highest BCUT2D eigenvalue weighted by Crippen LogP contribution is 2.17. The lowest BCUT2D eigenvalue weighted by atomic mass is 10.0. The van der Waals surface area contributed by atoms with Crippen molar-refractivity contribution in [3.05, 3.63) is 36.5 Å². The van der Waals surface area contributed by atoms with Crippen molar-refractivity contribution < 1.29 is 24.5 Å². The van der Waals surface area contributed by atoms with Crippen LogP contribution in [-0.4, -0.2) is 46.9 Å². The quantitative estimate of drug-likeness (QED) is 0.0328. The van der Waals surface area contributed by atoms with Crippen LogP contribution < -0.4 is 5.32 Å². The van der Waals surface area contributed by atoms with Gasteiger partial charge in [-0.15, -0.1) is 0 Å². The fraction of sp³-hybridized carbons (Fsp3) is 0.833. The van der Waals surface area contributed by atoms with E-state index < -0.39 is 18.2 Å². The number of rotatable bonds is 41. The standard InChI is InChI=1S/C48H89NO5/c1-4-7-10-13-16-19-22-25-27-30-33-36-39-44(54-48(53)41-38-35-32-29-24-21-18-15-12-9-6-3)42-47(52)49-45(43-50)46(51)40-37-34-31-28-26-23-20-17-14-11-8-5-2/h7,10,15-16,18-19,44-46,50-51H,4-6,8-9,11-14,17,20-43H2,1-3H3,(H,49,52)/b10-7+,18-15-,19-16+. The van der Waals surface area contributed by atoms with Gasteiger partial charge in [-0.1, -0.05) is 186 Å². The first kappa shape index (κ1) is 52.1. The molecule has 6 nitrogen and oxygen atoms in total. The second-order valence-corrected chi connectivity index (χ2v) is 15.8. The molecule has 0 fully saturated rings. The summed E-state index contributed by atoms with van der Waals surface area (Å²) < 4.78 is 5.89. The molecule has 0 bridgehead atoms. The van der Waals surface area contributed by atoms with Gasteiger partial charge in [0.15, 0.2) is 0 Å². The Morgan fingerprint density at radius 1 is 0.556 bits per heavy atom. The summed E-state index contributed by atoms with van der Waals surface area (Å²) in [5, 5.41) is 23.6. The number of nitrogens with one attached hydrogen (secondary N) is 1. The summed E-state index contributed by atoms with van der Waals surface area (Å²) in [6.07, 6.45) is 47.7. The van der Waals surface area contributed by atoms with Gasteiger partial charge in [-0.2, -0.15) is 0 Å². The van der Waals surface area contributed by atoms with Crippen LogP contribution in [0.2, 0.25) is 0 Å². The number of aliphatic hydroxyl groups excluding tert-OH is 2. The van der Waals surface area contributed by atoms with E-state index in [1.807, 2.05) is 0 Å². The average Bonchev–Trinajstić information content (AvgIpc) is 3.16. The Hall–Kier alpha value is -1.92. The molecule has 0 spiro atoms. The molecule has 0 aromatic heterocycles. The highest BCUT2D eigenvalue weighted by Gasteiger charge is 2.24. The lowest BCUT2D eigenvalue weighted by Gasteiger charge is -2.24. The monoisotopic (exact) mass is 760 g/mol. The Kier molecular flexibility index (Phi) is 40.7. The SMILES string of the molecule is CC/C=C/C/C=C/CCCCCCCC(CC(=O)NC(CO)C(O)CCCCCCCCCCCCCC)OC(=O)CCCCCCC/C=C\CCCC. The summed E-state index contributed by atoms with van der Waals surface area (Å²) in [6, 6.07) is -0.704.